The number of rotatable bonds is 9. The zero-order valence-electron chi connectivity index (χ0n) is 9.93. The first-order chi connectivity index (χ1) is 6.31. The number of unbranched alkanes of at least 4 members (excludes halogenated alkanes) is 6. The molecular formula is C12H28IN. The largest absolute Gasteiger partial charge is 0.328 e. The summed E-state index contributed by atoms with van der Waals surface area (Å²) in [6, 6.07) is 0.454. The van der Waals surface area contributed by atoms with Crippen LogP contribution in [0.25, 0.3) is 0 Å². The van der Waals surface area contributed by atoms with Gasteiger partial charge in [0, 0.05) is 6.04 Å². The molecule has 0 aromatic heterocycles. The van der Waals surface area contributed by atoms with E-state index in [4.69, 9.17) is 5.73 Å². The van der Waals surface area contributed by atoms with Gasteiger partial charge in [0.2, 0.25) is 0 Å². The van der Waals surface area contributed by atoms with Gasteiger partial charge in [0.15, 0.2) is 0 Å². The molecule has 14 heavy (non-hydrogen) atoms. The van der Waals surface area contributed by atoms with Crippen LogP contribution in [0.5, 0.6) is 0 Å². The Balaban J connectivity index is 0. The van der Waals surface area contributed by atoms with E-state index in [0.29, 0.717) is 6.04 Å². The van der Waals surface area contributed by atoms with Gasteiger partial charge in [-0.1, -0.05) is 58.8 Å². The summed E-state index contributed by atoms with van der Waals surface area (Å²) in [6.07, 6.45) is 12.1. The van der Waals surface area contributed by atoms with Crippen molar-refractivity contribution < 1.29 is 0 Å². The Morgan fingerprint density at radius 1 is 0.857 bits per heavy atom. The fourth-order valence-corrected chi connectivity index (χ4v) is 1.57. The summed E-state index contributed by atoms with van der Waals surface area (Å²) in [7, 11) is 0. The lowest BCUT2D eigenvalue weighted by molar-refractivity contribution is 0.522. The van der Waals surface area contributed by atoms with Crippen molar-refractivity contribution in [1.29, 1.82) is 0 Å². The molecule has 0 aliphatic rings. The summed E-state index contributed by atoms with van der Waals surface area (Å²) in [5, 5.41) is 0. The summed E-state index contributed by atoms with van der Waals surface area (Å²) in [4.78, 5) is 0. The summed E-state index contributed by atoms with van der Waals surface area (Å²) in [6.45, 7) is 4.44. The highest BCUT2D eigenvalue weighted by atomic mass is 127. The lowest BCUT2D eigenvalue weighted by atomic mass is 10.0. The van der Waals surface area contributed by atoms with Gasteiger partial charge in [0.1, 0.15) is 0 Å². The van der Waals surface area contributed by atoms with Gasteiger partial charge in [-0.15, -0.1) is 24.0 Å². The van der Waals surface area contributed by atoms with Gasteiger partial charge in [-0.25, -0.2) is 0 Å². The van der Waals surface area contributed by atoms with E-state index in [0.717, 1.165) is 6.42 Å². The van der Waals surface area contributed by atoms with E-state index >= 15 is 0 Å². The molecular weight excluding hydrogens is 285 g/mol. The third kappa shape index (κ3) is 12.7. The van der Waals surface area contributed by atoms with E-state index in [1.807, 2.05) is 0 Å². The molecule has 0 aliphatic heterocycles. The Morgan fingerprint density at radius 3 is 1.86 bits per heavy atom. The van der Waals surface area contributed by atoms with Crippen LogP contribution in [0, 0.1) is 0 Å². The quantitative estimate of drug-likeness (QED) is 0.493. The molecule has 0 bridgehead atoms. The monoisotopic (exact) mass is 313 g/mol. The summed E-state index contributed by atoms with van der Waals surface area (Å²) in [5.74, 6) is 0. The lowest BCUT2D eigenvalue weighted by Crippen LogP contribution is -2.17. The molecule has 0 heterocycles. The predicted octanol–water partition coefficient (Wildman–Crippen LogP) is 4.48. The highest BCUT2D eigenvalue weighted by Crippen LogP contribution is 2.09. The van der Waals surface area contributed by atoms with Crippen LogP contribution >= 0.6 is 24.0 Å². The Hall–Kier alpha value is 0.690. The fraction of sp³-hybridized carbons (Fsp3) is 1.00. The molecule has 0 saturated carbocycles. The van der Waals surface area contributed by atoms with Crippen molar-refractivity contribution in [2.75, 3.05) is 0 Å². The maximum absolute atomic E-state index is 5.84. The first kappa shape index (κ1) is 17.1. The molecule has 1 unspecified atom stereocenters. The van der Waals surface area contributed by atoms with Crippen molar-refractivity contribution in [3.05, 3.63) is 0 Å². The molecule has 88 valence electrons. The summed E-state index contributed by atoms with van der Waals surface area (Å²) >= 11 is 0. The van der Waals surface area contributed by atoms with Crippen molar-refractivity contribution in [3.8, 4) is 0 Å². The summed E-state index contributed by atoms with van der Waals surface area (Å²) in [5.41, 5.74) is 5.84. The molecule has 0 aromatic carbocycles. The second-order valence-corrected chi connectivity index (χ2v) is 4.08. The molecule has 0 rings (SSSR count). The van der Waals surface area contributed by atoms with Crippen molar-refractivity contribution in [2.45, 2.75) is 77.7 Å². The summed E-state index contributed by atoms with van der Waals surface area (Å²) < 4.78 is 0. The van der Waals surface area contributed by atoms with Crippen LogP contribution in [0.1, 0.15) is 71.6 Å². The zero-order chi connectivity index (χ0) is 9.94. The second-order valence-electron chi connectivity index (χ2n) is 4.08. The molecule has 0 amide bonds. The van der Waals surface area contributed by atoms with Gasteiger partial charge in [0.05, 0.1) is 0 Å². The minimum atomic E-state index is 0. The molecule has 0 spiro atoms. The standard InChI is InChI=1S/C12H27N.HI/c1-3-5-6-7-8-9-10-11-12(13)4-2;/h12H,3-11,13H2,1-2H3;1H. The minimum absolute atomic E-state index is 0. The zero-order valence-corrected chi connectivity index (χ0v) is 12.3. The number of hydrogen-bond donors (Lipinski definition) is 1. The van der Waals surface area contributed by atoms with Crippen LogP contribution in [0.2, 0.25) is 0 Å². The Kier molecular flexibility index (Phi) is 16.7. The molecule has 0 aromatic rings. The molecule has 2 heteroatoms. The SMILES string of the molecule is CCCCCCCCCC(N)CC.I. The average molecular weight is 313 g/mol. The van der Waals surface area contributed by atoms with Crippen molar-refractivity contribution >= 4 is 24.0 Å². The second kappa shape index (κ2) is 13.7. The first-order valence-electron chi connectivity index (χ1n) is 6.06. The Labute approximate surface area is 107 Å². The van der Waals surface area contributed by atoms with Gasteiger partial charge in [-0.2, -0.15) is 0 Å². The smallest absolute Gasteiger partial charge is 0.00362 e. The number of nitrogens with two attached hydrogens (primary N) is 1. The first-order valence-corrected chi connectivity index (χ1v) is 6.06. The van der Waals surface area contributed by atoms with Crippen LogP contribution in [0.3, 0.4) is 0 Å². The van der Waals surface area contributed by atoms with Gasteiger partial charge < -0.3 is 5.73 Å². The van der Waals surface area contributed by atoms with E-state index in [2.05, 4.69) is 13.8 Å². The van der Waals surface area contributed by atoms with E-state index in [9.17, 15) is 0 Å². The van der Waals surface area contributed by atoms with E-state index < -0.39 is 0 Å². The van der Waals surface area contributed by atoms with Crippen molar-refractivity contribution in [1.82, 2.24) is 0 Å². The molecule has 0 aliphatic carbocycles. The normalized spacial score (nSPS) is 12.2. The molecule has 0 saturated heterocycles. The minimum Gasteiger partial charge on any atom is -0.328 e. The predicted molar refractivity (Wildman–Crippen MR) is 76.3 cm³/mol. The Morgan fingerprint density at radius 2 is 1.36 bits per heavy atom. The molecule has 0 fully saturated rings. The van der Waals surface area contributed by atoms with Gasteiger partial charge >= 0.3 is 0 Å². The van der Waals surface area contributed by atoms with Crippen molar-refractivity contribution in [3.63, 3.8) is 0 Å². The highest BCUT2D eigenvalue weighted by Gasteiger charge is 1.97. The average Bonchev–Trinajstić information content (AvgIpc) is 2.16. The maximum atomic E-state index is 5.84. The van der Waals surface area contributed by atoms with E-state index in [1.165, 1.54) is 51.4 Å². The highest BCUT2D eigenvalue weighted by molar-refractivity contribution is 14.0. The molecule has 1 nitrogen and oxygen atoms in total. The van der Waals surface area contributed by atoms with Gasteiger partial charge in [-0.05, 0) is 12.8 Å². The topological polar surface area (TPSA) is 26.0 Å². The molecule has 0 radical (unpaired) electrons. The third-order valence-electron chi connectivity index (χ3n) is 2.70. The van der Waals surface area contributed by atoms with Crippen molar-refractivity contribution in [2.24, 2.45) is 5.73 Å². The lowest BCUT2D eigenvalue weighted by Gasteiger charge is -2.07. The Bertz CT molecular complexity index is 96.3. The van der Waals surface area contributed by atoms with E-state index in [-0.39, 0.29) is 24.0 Å². The van der Waals surface area contributed by atoms with E-state index in [1.54, 1.807) is 0 Å². The number of hydrogen-bond acceptors (Lipinski definition) is 1. The molecule has 2 N–H and O–H groups in total. The fourth-order valence-electron chi connectivity index (χ4n) is 1.57. The van der Waals surface area contributed by atoms with Crippen LogP contribution in [-0.4, -0.2) is 6.04 Å². The van der Waals surface area contributed by atoms with Crippen LogP contribution in [0.15, 0.2) is 0 Å². The van der Waals surface area contributed by atoms with Crippen LogP contribution in [-0.2, 0) is 0 Å². The molecule has 1 atom stereocenters. The van der Waals surface area contributed by atoms with Gasteiger partial charge in [0.25, 0.3) is 0 Å². The van der Waals surface area contributed by atoms with Crippen LogP contribution < -0.4 is 5.73 Å². The third-order valence-corrected chi connectivity index (χ3v) is 2.70. The maximum Gasteiger partial charge on any atom is 0.00362 e. The van der Waals surface area contributed by atoms with Crippen LogP contribution in [0.4, 0.5) is 0 Å². The van der Waals surface area contributed by atoms with Gasteiger partial charge in [-0.3, -0.25) is 0 Å². The number of halogens is 1.